The number of nitrogens with zero attached hydrogens (tertiary/aromatic N) is 2. The van der Waals surface area contributed by atoms with E-state index in [1.165, 1.54) is 5.01 Å². The van der Waals surface area contributed by atoms with Gasteiger partial charge >= 0.3 is 0 Å². The van der Waals surface area contributed by atoms with Crippen molar-refractivity contribution < 1.29 is 5.11 Å². The molecule has 3 nitrogen and oxygen atoms in total. The second kappa shape index (κ2) is 6.33. The summed E-state index contributed by atoms with van der Waals surface area (Å²) in [5, 5.41) is 13.2. The molecule has 0 aromatic carbocycles. The number of aliphatic hydroxyl groups is 1. The van der Waals surface area contributed by atoms with Crippen molar-refractivity contribution in [1.82, 2.24) is 9.88 Å². The number of β-amino-alcohol motifs (C(OH)–C–C–N with tert-alkyl or cyclic N) is 1. The molecule has 18 heavy (non-hydrogen) atoms. The molecular formula is C13H21ClN2OS. The number of piperidine rings is 1. The Balaban J connectivity index is 1.71. The number of likely N-dealkylation sites (tertiary alicyclic amines) is 1. The summed E-state index contributed by atoms with van der Waals surface area (Å²) >= 11 is 7.43. The summed E-state index contributed by atoms with van der Waals surface area (Å²) in [5.41, 5.74) is 0.489. The molecule has 2 heterocycles. The summed E-state index contributed by atoms with van der Waals surface area (Å²) in [5.74, 6) is 0.505. The molecule has 1 atom stereocenters. The third-order valence-corrected chi connectivity index (χ3v) is 4.59. The Hall–Kier alpha value is -0.160. The molecule has 1 unspecified atom stereocenters. The Bertz CT molecular complexity index is 381. The average Bonchev–Trinajstić information content (AvgIpc) is 2.76. The highest BCUT2D eigenvalue weighted by Crippen LogP contribution is 2.20. The lowest BCUT2D eigenvalue weighted by Gasteiger charge is -2.36. The Morgan fingerprint density at radius 3 is 3.11 bits per heavy atom. The third kappa shape index (κ3) is 4.19. The molecule has 1 N–H and O–H groups in total. The zero-order valence-electron chi connectivity index (χ0n) is 10.9. The van der Waals surface area contributed by atoms with Crippen LogP contribution in [-0.2, 0) is 12.3 Å². The van der Waals surface area contributed by atoms with Crippen LogP contribution in [0.25, 0.3) is 0 Å². The number of hydrogen-bond acceptors (Lipinski definition) is 4. The summed E-state index contributed by atoms with van der Waals surface area (Å²) in [6, 6.07) is 0. The predicted molar refractivity (Wildman–Crippen MR) is 76.3 cm³/mol. The first-order chi connectivity index (χ1) is 8.59. The summed E-state index contributed by atoms with van der Waals surface area (Å²) in [7, 11) is 0. The van der Waals surface area contributed by atoms with Crippen LogP contribution < -0.4 is 0 Å². The van der Waals surface area contributed by atoms with Crippen LogP contribution in [-0.4, -0.2) is 40.2 Å². The van der Waals surface area contributed by atoms with Gasteiger partial charge in [-0.1, -0.05) is 0 Å². The molecule has 1 aliphatic heterocycles. The van der Waals surface area contributed by atoms with Crippen molar-refractivity contribution in [3.8, 4) is 0 Å². The van der Waals surface area contributed by atoms with Gasteiger partial charge in [-0.15, -0.1) is 22.9 Å². The molecule has 102 valence electrons. The van der Waals surface area contributed by atoms with Crippen molar-refractivity contribution in [1.29, 1.82) is 0 Å². The molecule has 1 aromatic rings. The highest BCUT2D eigenvalue weighted by atomic mass is 35.5. The molecule has 0 saturated carbocycles. The first-order valence-corrected chi connectivity index (χ1v) is 7.94. The molecular weight excluding hydrogens is 268 g/mol. The number of aryl methyl sites for hydroxylation is 1. The lowest BCUT2D eigenvalue weighted by Crippen LogP contribution is -2.46. The van der Waals surface area contributed by atoms with Gasteiger partial charge in [0.1, 0.15) is 0 Å². The first-order valence-electron chi connectivity index (χ1n) is 6.53. The lowest BCUT2D eigenvalue weighted by atomic mass is 9.95. The van der Waals surface area contributed by atoms with Crippen LogP contribution in [0.4, 0.5) is 0 Å². The second-order valence-electron chi connectivity index (χ2n) is 5.35. The summed E-state index contributed by atoms with van der Waals surface area (Å²) in [6.07, 6.45) is 4.14. The van der Waals surface area contributed by atoms with Crippen molar-refractivity contribution in [3.63, 3.8) is 0 Å². The maximum absolute atomic E-state index is 10.0. The Labute approximate surface area is 118 Å². The Morgan fingerprint density at radius 1 is 1.61 bits per heavy atom. The number of hydrogen-bond donors (Lipinski definition) is 1. The molecule has 1 saturated heterocycles. The zero-order chi connectivity index (χ0) is 13.0. The minimum Gasteiger partial charge on any atom is -0.389 e. The monoisotopic (exact) mass is 288 g/mol. The fraction of sp³-hybridized carbons (Fsp3) is 0.769. The van der Waals surface area contributed by atoms with Gasteiger partial charge in [-0.2, -0.15) is 0 Å². The van der Waals surface area contributed by atoms with Gasteiger partial charge in [0.2, 0.25) is 0 Å². The van der Waals surface area contributed by atoms with E-state index in [2.05, 4.69) is 9.88 Å². The Morgan fingerprint density at radius 2 is 2.44 bits per heavy atom. The number of aromatic nitrogens is 1. The van der Waals surface area contributed by atoms with Gasteiger partial charge in [0.25, 0.3) is 0 Å². The SMILES string of the molecule is CC1(O)CCCN(CCCc2nc(CCl)cs2)C1. The highest BCUT2D eigenvalue weighted by molar-refractivity contribution is 7.09. The average molecular weight is 289 g/mol. The highest BCUT2D eigenvalue weighted by Gasteiger charge is 2.27. The molecule has 1 aromatic heterocycles. The molecule has 0 spiro atoms. The third-order valence-electron chi connectivity index (χ3n) is 3.36. The maximum atomic E-state index is 10.0. The van der Waals surface area contributed by atoms with E-state index >= 15 is 0 Å². The van der Waals surface area contributed by atoms with E-state index in [1.54, 1.807) is 11.3 Å². The normalized spacial score (nSPS) is 25.5. The summed E-state index contributed by atoms with van der Waals surface area (Å²) in [6.45, 7) is 4.90. The number of thiazole rings is 1. The predicted octanol–water partition coefficient (Wildman–Crippen LogP) is 2.66. The topological polar surface area (TPSA) is 36.4 Å². The van der Waals surface area contributed by atoms with Crippen LogP contribution in [0.2, 0.25) is 0 Å². The molecule has 0 radical (unpaired) electrons. The fourth-order valence-electron chi connectivity index (χ4n) is 2.49. The van der Waals surface area contributed by atoms with Gasteiger partial charge in [0, 0.05) is 18.3 Å². The molecule has 0 aliphatic carbocycles. The van der Waals surface area contributed by atoms with E-state index in [-0.39, 0.29) is 0 Å². The van der Waals surface area contributed by atoms with Gasteiger partial charge < -0.3 is 10.0 Å². The van der Waals surface area contributed by atoms with E-state index in [4.69, 9.17) is 11.6 Å². The van der Waals surface area contributed by atoms with Crippen molar-refractivity contribution in [3.05, 3.63) is 16.1 Å². The minimum absolute atomic E-state index is 0.495. The molecule has 0 amide bonds. The quantitative estimate of drug-likeness (QED) is 0.846. The van der Waals surface area contributed by atoms with Crippen LogP contribution in [0.5, 0.6) is 0 Å². The number of alkyl halides is 1. The van der Waals surface area contributed by atoms with Crippen LogP contribution in [0.3, 0.4) is 0 Å². The van der Waals surface area contributed by atoms with E-state index in [9.17, 15) is 5.11 Å². The van der Waals surface area contributed by atoms with Crippen molar-refractivity contribution in [2.24, 2.45) is 0 Å². The lowest BCUT2D eigenvalue weighted by molar-refractivity contribution is -0.0156. The van der Waals surface area contributed by atoms with Crippen LogP contribution in [0.1, 0.15) is 36.9 Å². The smallest absolute Gasteiger partial charge is 0.0929 e. The van der Waals surface area contributed by atoms with Crippen molar-refractivity contribution in [2.45, 2.75) is 44.1 Å². The van der Waals surface area contributed by atoms with Crippen LogP contribution in [0, 0.1) is 0 Å². The molecule has 2 rings (SSSR count). The number of rotatable bonds is 5. The molecule has 1 aliphatic rings. The van der Waals surface area contributed by atoms with Gasteiger partial charge in [-0.25, -0.2) is 4.98 Å². The van der Waals surface area contributed by atoms with E-state index in [0.29, 0.717) is 5.88 Å². The van der Waals surface area contributed by atoms with E-state index in [1.807, 2.05) is 12.3 Å². The maximum Gasteiger partial charge on any atom is 0.0929 e. The molecule has 5 heteroatoms. The summed E-state index contributed by atoms with van der Waals surface area (Å²) in [4.78, 5) is 6.82. The van der Waals surface area contributed by atoms with E-state index < -0.39 is 5.60 Å². The second-order valence-corrected chi connectivity index (χ2v) is 6.56. The van der Waals surface area contributed by atoms with Crippen LogP contribution >= 0.6 is 22.9 Å². The van der Waals surface area contributed by atoms with Gasteiger partial charge in [-0.05, 0) is 39.3 Å². The van der Waals surface area contributed by atoms with Crippen LogP contribution in [0.15, 0.2) is 5.38 Å². The molecule has 1 fully saturated rings. The fourth-order valence-corrected chi connectivity index (χ4v) is 3.56. The Kier molecular flexibility index (Phi) is 5.01. The zero-order valence-corrected chi connectivity index (χ0v) is 12.4. The van der Waals surface area contributed by atoms with Crippen molar-refractivity contribution in [2.75, 3.05) is 19.6 Å². The van der Waals surface area contributed by atoms with Crippen molar-refractivity contribution >= 4 is 22.9 Å². The first kappa shape index (κ1) is 14.3. The number of halogens is 1. The van der Waals surface area contributed by atoms with Gasteiger partial charge in [0.05, 0.1) is 22.2 Å². The summed E-state index contributed by atoms with van der Waals surface area (Å²) < 4.78 is 0. The largest absolute Gasteiger partial charge is 0.389 e. The van der Waals surface area contributed by atoms with Gasteiger partial charge in [0.15, 0.2) is 0 Å². The van der Waals surface area contributed by atoms with Gasteiger partial charge in [-0.3, -0.25) is 0 Å². The molecule has 0 bridgehead atoms. The van der Waals surface area contributed by atoms with E-state index in [0.717, 1.165) is 51.0 Å². The standard InChI is InChI=1S/C13H21ClN2OS/c1-13(17)5-3-7-16(10-13)6-2-4-12-15-11(8-14)9-18-12/h9,17H,2-8,10H2,1H3. The minimum atomic E-state index is -0.495.